The number of benzene rings is 2. The van der Waals surface area contributed by atoms with Gasteiger partial charge in [0.1, 0.15) is 0 Å². The molecular formula is C17H17N. The Morgan fingerprint density at radius 2 is 1.67 bits per heavy atom. The van der Waals surface area contributed by atoms with Crippen LogP contribution in [0.2, 0.25) is 0 Å². The normalized spacial score (nSPS) is 17.6. The van der Waals surface area contributed by atoms with Crippen molar-refractivity contribution in [3.05, 3.63) is 71.8 Å². The van der Waals surface area contributed by atoms with Crippen LogP contribution in [0.4, 0.5) is 5.69 Å². The van der Waals surface area contributed by atoms with Crippen LogP contribution >= 0.6 is 0 Å². The number of anilines is 1. The summed E-state index contributed by atoms with van der Waals surface area (Å²) in [7, 11) is 0. The van der Waals surface area contributed by atoms with E-state index in [1.165, 1.54) is 16.8 Å². The third-order valence-corrected chi connectivity index (χ3v) is 3.52. The molecule has 0 saturated carbocycles. The molecule has 90 valence electrons. The minimum absolute atomic E-state index is 0.353. The molecule has 0 bridgehead atoms. The van der Waals surface area contributed by atoms with Crippen molar-refractivity contribution >= 4 is 11.8 Å². The summed E-state index contributed by atoms with van der Waals surface area (Å²) in [4.78, 5) is 2.45. The predicted molar refractivity (Wildman–Crippen MR) is 77.7 cm³/mol. The highest BCUT2D eigenvalue weighted by molar-refractivity contribution is 5.72. The molecular weight excluding hydrogens is 218 g/mol. The molecule has 18 heavy (non-hydrogen) atoms. The van der Waals surface area contributed by atoms with Crippen LogP contribution < -0.4 is 4.90 Å². The summed E-state index contributed by atoms with van der Waals surface area (Å²) in [6.45, 7) is 3.23. The van der Waals surface area contributed by atoms with Gasteiger partial charge in [0.2, 0.25) is 0 Å². The number of para-hydroxylation sites is 1. The SMILES string of the molecule is CCN1c2ccccc2C=C[C@@H]1c1ccccc1. The standard InChI is InChI=1S/C17H17N/c1-2-18-16-11-7-6-10-15(16)12-13-17(18)14-8-4-3-5-9-14/h3-13,17H,2H2,1H3/t17-/m1/s1. The van der Waals surface area contributed by atoms with Crippen LogP contribution in [0.3, 0.4) is 0 Å². The second kappa shape index (κ2) is 4.69. The molecule has 0 fully saturated rings. The maximum Gasteiger partial charge on any atom is 0.0729 e. The lowest BCUT2D eigenvalue weighted by Crippen LogP contribution is -2.29. The smallest absolute Gasteiger partial charge is 0.0729 e. The fraction of sp³-hybridized carbons (Fsp3) is 0.176. The molecule has 1 nitrogen and oxygen atoms in total. The maximum absolute atomic E-state index is 2.45. The lowest BCUT2D eigenvalue weighted by molar-refractivity contribution is 0.742. The molecule has 0 spiro atoms. The molecule has 3 rings (SSSR count). The van der Waals surface area contributed by atoms with Crippen LogP contribution in [0.15, 0.2) is 60.7 Å². The Morgan fingerprint density at radius 3 is 2.44 bits per heavy atom. The van der Waals surface area contributed by atoms with Crippen LogP contribution in [0.1, 0.15) is 24.1 Å². The number of rotatable bonds is 2. The largest absolute Gasteiger partial charge is 0.361 e. The quantitative estimate of drug-likeness (QED) is 0.751. The monoisotopic (exact) mass is 235 g/mol. The van der Waals surface area contributed by atoms with Gasteiger partial charge in [-0.2, -0.15) is 0 Å². The van der Waals surface area contributed by atoms with E-state index >= 15 is 0 Å². The zero-order valence-corrected chi connectivity index (χ0v) is 10.6. The van der Waals surface area contributed by atoms with Gasteiger partial charge < -0.3 is 4.90 Å². The number of likely N-dealkylation sites (N-methyl/N-ethyl adjacent to an activating group) is 1. The average molecular weight is 235 g/mol. The summed E-state index contributed by atoms with van der Waals surface area (Å²) in [5.74, 6) is 0. The van der Waals surface area contributed by atoms with Crippen LogP contribution in [0.5, 0.6) is 0 Å². The van der Waals surface area contributed by atoms with Gasteiger partial charge in [-0.25, -0.2) is 0 Å². The van der Waals surface area contributed by atoms with Crippen molar-refractivity contribution in [2.45, 2.75) is 13.0 Å². The van der Waals surface area contributed by atoms with Gasteiger partial charge in [-0.15, -0.1) is 0 Å². The first kappa shape index (κ1) is 11.1. The number of hydrogen-bond donors (Lipinski definition) is 0. The topological polar surface area (TPSA) is 3.24 Å². The lowest BCUT2D eigenvalue weighted by atomic mass is 9.97. The maximum atomic E-state index is 2.45. The van der Waals surface area contributed by atoms with Crippen LogP contribution in [-0.4, -0.2) is 6.54 Å². The van der Waals surface area contributed by atoms with E-state index in [1.807, 2.05) is 0 Å². The van der Waals surface area contributed by atoms with E-state index in [0.717, 1.165) is 6.54 Å². The number of nitrogens with zero attached hydrogens (tertiary/aromatic N) is 1. The van der Waals surface area contributed by atoms with E-state index in [9.17, 15) is 0 Å². The van der Waals surface area contributed by atoms with E-state index in [2.05, 4.69) is 78.6 Å². The number of hydrogen-bond acceptors (Lipinski definition) is 1. The van der Waals surface area contributed by atoms with E-state index in [1.54, 1.807) is 0 Å². The minimum atomic E-state index is 0.353. The summed E-state index contributed by atoms with van der Waals surface area (Å²) in [6, 6.07) is 19.6. The molecule has 0 aromatic heterocycles. The van der Waals surface area contributed by atoms with E-state index in [4.69, 9.17) is 0 Å². The molecule has 2 aromatic carbocycles. The third-order valence-electron chi connectivity index (χ3n) is 3.52. The van der Waals surface area contributed by atoms with E-state index in [0.29, 0.717) is 6.04 Å². The van der Waals surface area contributed by atoms with Crippen molar-refractivity contribution in [2.75, 3.05) is 11.4 Å². The van der Waals surface area contributed by atoms with Gasteiger partial charge in [0.25, 0.3) is 0 Å². The highest BCUT2D eigenvalue weighted by Gasteiger charge is 2.21. The van der Waals surface area contributed by atoms with Gasteiger partial charge in [0.15, 0.2) is 0 Å². The first-order valence-electron chi connectivity index (χ1n) is 6.49. The molecule has 0 amide bonds. The molecule has 1 heterocycles. The summed E-state index contributed by atoms with van der Waals surface area (Å²) in [5.41, 5.74) is 3.99. The average Bonchev–Trinajstić information content (AvgIpc) is 2.47. The Morgan fingerprint density at radius 1 is 0.944 bits per heavy atom. The molecule has 0 N–H and O–H groups in total. The lowest BCUT2D eigenvalue weighted by Gasteiger charge is -2.35. The van der Waals surface area contributed by atoms with Gasteiger partial charge >= 0.3 is 0 Å². The Bertz CT molecular complexity index is 557. The Hall–Kier alpha value is -2.02. The Kier molecular flexibility index (Phi) is 2.89. The van der Waals surface area contributed by atoms with Crippen molar-refractivity contribution < 1.29 is 0 Å². The van der Waals surface area contributed by atoms with Crippen molar-refractivity contribution in [3.63, 3.8) is 0 Å². The Labute approximate surface area is 108 Å². The molecule has 0 radical (unpaired) electrons. The van der Waals surface area contributed by atoms with Gasteiger partial charge in [-0.05, 0) is 24.1 Å². The molecule has 1 atom stereocenters. The van der Waals surface area contributed by atoms with Gasteiger partial charge in [-0.1, -0.05) is 60.7 Å². The third kappa shape index (κ3) is 1.82. The van der Waals surface area contributed by atoms with Crippen molar-refractivity contribution in [1.82, 2.24) is 0 Å². The first-order chi connectivity index (χ1) is 8.90. The summed E-state index contributed by atoms with van der Waals surface area (Å²) < 4.78 is 0. The molecule has 0 saturated heterocycles. The van der Waals surface area contributed by atoms with E-state index < -0.39 is 0 Å². The molecule has 1 aliphatic rings. The predicted octanol–water partition coefficient (Wildman–Crippen LogP) is 4.28. The zero-order chi connectivity index (χ0) is 12.4. The number of fused-ring (bicyclic) bond motifs is 1. The van der Waals surface area contributed by atoms with Crippen molar-refractivity contribution in [1.29, 1.82) is 0 Å². The van der Waals surface area contributed by atoms with E-state index in [-0.39, 0.29) is 0 Å². The first-order valence-corrected chi connectivity index (χ1v) is 6.49. The van der Waals surface area contributed by atoms with Crippen molar-refractivity contribution in [3.8, 4) is 0 Å². The van der Waals surface area contributed by atoms with Gasteiger partial charge in [0, 0.05) is 12.2 Å². The Balaban J connectivity index is 2.05. The second-order valence-corrected chi connectivity index (χ2v) is 4.56. The molecule has 2 aromatic rings. The second-order valence-electron chi connectivity index (χ2n) is 4.56. The van der Waals surface area contributed by atoms with Gasteiger partial charge in [-0.3, -0.25) is 0 Å². The molecule has 1 heteroatoms. The minimum Gasteiger partial charge on any atom is -0.361 e. The molecule has 0 unspecified atom stereocenters. The van der Waals surface area contributed by atoms with Crippen LogP contribution in [0, 0.1) is 0 Å². The fourth-order valence-electron chi connectivity index (χ4n) is 2.65. The highest BCUT2D eigenvalue weighted by atomic mass is 15.2. The summed E-state index contributed by atoms with van der Waals surface area (Å²) >= 11 is 0. The molecule has 1 aliphatic heterocycles. The van der Waals surface area contributed by atoms with Crippen LogP contribution in [-0.2, 0) is 0 Å². The van der Waals surface area contributed by atoms with Crippen LogP contribution in [0.25, 0.3) is 6.08 Å². The molecule has 0 aliphatic carbocycles. The zero-order valence-electron chi connectivity index (χ0n) is 10.6. The summed E-state index contributed by atoms with van der Waals surface area (Å²) in [5, 5.41) is 0. The summed E-state index contributed by atoms with van der Waals surface area (Å²) in [6.07, 6.45) is 4.53. The van der Waals surface area contributed by atoms with Gasteiger partial charge in [0.05, 0.1) is 6.04 Å². The van der Waals surface area contributed by atoms with Crippen molar-refractivity contribution in [2.24, 2.45) is 0 Å². The fourth-order valence-corrected chi connectivity index (χ4v) is 2.65. The highest BCUT2D eigenvalue weighted by Crippen LogP contribution is 2.35.